The number of nitrogens with one attached hydrogen (secondary N) is 2. The van der Waals surface area contributed by atoms with Gasteiger partial charge in [0.15, 0.2) is 5.13 Å². The molecule has 2 N–H and O–H groups in total. The van der Waals surface area contributed by atoms with Crippen molar-refractivity contribution in [2.45, 2.75) is 25.2 Å². The van der Waals surface area contributed by atoms with Gasteiger partial charge in [-0.2, -0.15) is 0 Å². The van der Waals surface area contributed by atoms with Crippen molar-refractivity contribution in [1.29, 1.82) is 0 Å². The quantitative estimate of drug-likeness (QED) is 0.592. The standard InChI is InChI=1S/C20H20FN3O3S2/c1-13-3-4-15(11-14(13)2)18-12-28-20(23-18)24-19(25)9-10-22-29(26,27)17-7-5-16(21)6-8-17/h3-8,11-12,22H,9-10H2,1-2H3,(H,23,24,25). The van der Waals surface area contributed by atoms with Crippen molar-refractivity contribution in [3.05, 3.63) is 64.8 Å². The number of aryl methyl sites for hydroxylation is 2. The zero-order valence-corrected chi connectivity index (χ0v) is 17.5. The van der Waals surface area contributed by atoms with Gasteiger partial charge in [-0.1, -0.05) is 12.1 Å². The van der Waals surface area contributed by atoms with Crippen LogP contribution in [0.4, 0.5) is 9.52 Å². The van der Waals surface area contributed by atoms with Crippen molar-refractivity contribution in [2.24, 2.45) is 0 Å². The fourth-order valence-electron chi connectivity index (χ4n) is 2.54. The first-order valence-corrected chi connectivity index (χ1v) is 11.2. The van der Waals surface area contributed by atoms with Gasteiger partial charge in [-0.05, 0) is 55.3 Å². The summed E-state index contributed by atoms with van der Waals surface area (Å²) >= 11 is 1.30. The molecule has 6 nitrogen and oxygen atoms in total. The van der Waals surface area contributed by atoms with Crippen LogP contribution in [0.1, 0.15) is 17.5 Å². The molecule has 9 heteroatoms. The molecule has 29 heavy (non-hydrogen) atoms. The average molecular weight is 434 g/mol. The number of carbonyl (C=O) groups is 1. The summed E-state index contributed by atoms with van der Waals surface area (Å²) in [6.45, 7) is 3.98. The number of benzene rings is 2. The predicted octanol–water partition coefficient (Wildman–Crippen LogP) is 3.87. The van der Waals surface area contributed by atoms with Gasteiger partial charge in [-0.3, -0.25) is 4.79 Å². The fourth-order valence-corrected chi connectivity index (χ4v) is 4.31. The molecule has 0 unspecified atom stereocenters. The molecule has 0 radical (unpaired) electrons. The molecule has 3 rings (SSSR count). The van der Waals surface area contributed by atoms with Crippen molar-refractivity contribution in [2.75, 3.05) is 11.9 Å². The Morgan fingerprint density at radius 2 is 1.83 bits per heavy atom. The highest BCUT2D eigenvalue weighted by molar-refractivity contribution is 7.89. The minimum absolute atomic E-state index is 0.0566. The highest BCUT2D eigenvalue weighted by Gasteiger charge is 2.15. The molecular weight excluding hydrogens is 413 g/mol. The molecule has 0 aliphatic rings. The lowest BCUT2D eigenvalue weighted by atomic mass is 10.1. The van der Waals surface area contributed by atoms with E-state index in [-0.39, 0.29) is 23.8 Å². The van der Waals surface area contributed by atoms with Crippen LogP contribution in [0.5, 0.6) is 0 Å². The molecule has 0 atom stereocenters. The average Bonchev–Trinajstić information content (AvgIpc) is 3.12. The van der Waals surface area contributed by atoms with Crippen LogP contribution in [-0.2, 0) is 14.8 Å². The van der Waals surface area contributed by atoms with Crippen molar-refractivity contribution >= 4 is 32.4 Å². The molecule has 1 aromatic heterocycles. The summed E-state index contributed by atoms with van der Waals surface area (Å²) in [6.07, 6.45) is -0.0566. The number of anilines is 1. The zero-order valence-electron chi connectivity index (χ0n) is 15.9. The summed E-state index contributed by atoms with van der Waals surface area (Å²) in [5, 5.41) is 4.98. The van der Waals surface area contributed by atoms with E-state index in [2.05, 4.69) is 15.0 Å². The highest BCUT2D eigenvalue weighted by atomic mass is 32.2. The first kappa shape index (κ1) is 21.1. The van der Waals surface area contributed by atoms with E-state index in [1.807, 2.05) is 37.4 Å². The van der Waals surface area contributed by atoms with Crippen molar-refractivity contribution in [3.63, 3.8) is 0 Å². The number of thiazole rings is 1. The summed E-state index contributed by atoms with van der Waals surface area (Å²) in [5.74, 6) is -0.875. The second kappa shape index (κ2) is 8.81. The fraction of sp³-hybridized carbons (Fsp3) is 0.200. The normalized spacial score (nSPS) is 11.4. The highest BCUT2D eigenvalue weighted by Crippen LogP contribution is 2.26. The van der Waals surface area contributed by atoms with Gasteiger partial charge >= 0.3 is 0 Å². The smallest absolute Gasteiger partial charge is 0.240 e. The molecule has 1 heterocycles. The topological polar surface area (TPSA) is 88.2 Å². The maximum absolute atomic E-state index is 12.9. The number of hydrogen-bond donors (Lipinski definition) is 2. The van der Waals surface area contributed by atoms with Crippen LogP contribution in [-0.4, -0.2) is 25.9 Å². The summed E-state index contributed by atoms with van der Waals surface area (Å²) < 4.78 is 39.5. The monoisotopic (exact) mass is 433 g/mol. The number of nitrogens with zero attached hydrogens (tertiary/aromatic N) is 1. The minimum Gasteiger partial charge on any atom is -0.302 e. The van der Waals surface area contributed by atoms with E-state index < -0.39 is 15.8 Å². The van der Waals surface area contributed by atoms with E-state index in [9.17, 15) is 17.6 Å². The zero-order chi connectivity index (χ0) is 21.0. The first-order chi connectivity index (χ1) is 13.7. The molecule has 2 aromatic carbocycles. The molecule has 3 aromatic rings. The van der Waals surface area contributed by atoms with Gasteiger partial charge in [-0.25, -0.2) is 22.5 Å². The van der Waals surface area contributed by atoms with Crippen LogP contribution in [0.25, 0.3) is 11.3 Å². The van der Waals surface area contributed by atoms with Crippen LogP contribution in [0, 0.1) is 19.7 Å². The van der Waals surface area contributed by atoms with Gasteiger partial charge in [0.25, 0.3) is 0 Å². The summed E-state index contributed by atoms with van der Waals surface area (Å²) in [7, 11) is -3.79. The molecule has 0 spiro atoms. The largest absolute Gasteiger partial charge is 0.302 e. The second-order valence-electron chi connectivity index (χ2n) is 6.49. The number of sulfonamides is 1. The Morgan fingerprint density at radius 3 is 2.52 bits per heavy atom. The number of halogens is 1. The molecule has 0 aliphatic carbocycles. The molecule has 0 saturated heterocycles. The van der Waals surface area contributed by atoms with Gasteiger partial charge in [0.2, 0.25) is 15.9 Å². The maximum Gasteiger partial charge on any atom is 0.240 e. The van der Waals surface area contributed by atoms with Gasteiger partial charge in [0, 0.05) is 23.9 Å². The van der Waals surface area contributed by atoms with Gasteiger partial charge in [-0.15, -0.1) is 11.3 Å². The lowest BCUT2D eigenvalue weighted by molar-refractivity contribution is -0.116. The molecule has 0 fully saturated rings. The van der Waals surface area contributed by atoms with Gasteiger partial charge < -0.3 is 5.32 Å². The molecular formula is C20H20FN3O3S2. The summed E-state index contributed by atoms with van der Waals surface area (Å²) in [5.41, 5.74) is 4.09. The Kier molecular flexibility index (Phi) is 6.41. The second-order valence-corrected chi connectivity index (χ2v) is 9.11. The van der Waals surface area contributed by atoms with E-state index in [0.29, 0.717) is 5.13 Å². The summed E-state index contributed by atoms with van der Waals surface area (Å²) in [4.78, 5) is 16.5. The van der Waals surface area contributed by atoms with Crippen LogP contribution < -0.4 is 10.0 Å². The molecule has 0 bridgehead atoms. The Hall–Kier alpha value is -2.62. The van der Waals surface area contributed by atoms with Crippen LogP contribution in [0.2, 0.25) is 0 Å². The van der Waals surface area contributed by atoms with Gasteiger partial charge in [0.1, 0.15) is 5.82 Å². The van der Waals surface area contributed by atoms with E-state index >= 15 is 0 Å². The molecule has 152 valence electrons. The molecule has 0 aliphatic heterocycles. The van der Waals surface area contributed by atoms with Crippen molar-refractivity contribution in [3.8, 4) is 11.3 Å². The Balaban J connectivity index is 1.54. The Bertz CT molecular complexity index is 1130. The van der Waals surface area contributed by atoms with Gasteiger partial charge in [0.05, 0.1) is 10.6 Å². The van der Waals surface area contributed by atoms with E-state index in [1.54, 1.807) is 0 Å². The maximum atomic E-state index is 12.9. The third kappa shape index (κ3) is 5.47. The number of hydrogen-bond acceptors (Lipinski definition) is 5. The van der Waals surface area contributed by atoms with Crippen LogP contribution in [0.3, 0.4) is 0 Å². The third-order valence-electron chi connectivity index (χ3n) is 4.32. The minimum atomic E-state index is -3.79. The number of aromatic nitrogens is 1. The molecule has 1 amide bonds. The third-order valence-corrected chi connectivity index (χ3v) is 6.56. The van der Waals surface area contributed by atoms with E-state index in [1.165, 1.54) is 29.0 Å². The lowest BCUT2D eigenvalue weighted by Gasteiger charge is -2.06. The predicted molar refractivity (Wildman–Crippen MR) is 112 cm³/mol. The Labute approximate surface area is 172 Å². The Morgan fingerprint density at radius 1 is 1.10 bits per heavy atom. The van der Waals surface area contributed by atoms with Crippen molar-refractivity contribution in [1.82, 2.24) is 9.71 Å². The van der Waals surface area contributed by atoms with E-state index in [4.69, 9.17) is 0 Å². The number of carbonyl (C=O) groups excluding carboxylic acids is 1. The number of rotatable bonds is 7. The summed E-state index contributed by atoms with van der Waals surface area (Å²) in [6, 6.07) is 10.5. The van der Waals surface area contributed by atoms with E-state index in [0.717, 1.165) is 29.0 Å². The lowest BCUT2D eigenvalue weighted by Crippen LogP contribution is -2.27. The number of amides is 1. The van der Waals surface area contributed by atoms with Crippen molar-refractivity contribution < 1.29 is 17.6 Å². The molecule has 0 saturated carbocycles. The van der Waals surface area contributed by atoms with Crippen LogP contribution >= 0.6 is 11.3 Å². The SMILES string of the molecule is Cc1ccc(-c2csc(NC(=O)CCNS(=O)(=O)c3ccc(F)cc3)n2)cc1C. The van der Waals surface area contributed by atoms with Crippen LogP contribution in [0.15, 0.2) is 52.7 Å². The first-order valence-electron chi connectivity index (χ1n) is 8.83.